The molecule has 2 nitrogen and oxygen atoms in total. The molecular weight excluding hydrogens is 184 g/mol. The monoisotopic (exact) mass is 198 g/mol. The standard InChI is InChI=1S/C13H14N2/c14-7-9-3-1-6-12-11-5-2-4-10(11)8-15-13(9)12/h1,3,6,10-11,15H,2,4-5,8H2/t10-,11-/m0/s1. The van der Waals surface area contributed by atoms with Crippen LogP contribution in [0.15, 0.2) is 18.2 Å². The summed E-state index contributed by atoms with van der Waals surface area (Å²) >= 11 is 0. The third kappa shape index (κ3) is 1.23. The van der Waals surface area contributed by atoms with Gasteiger partial charge >= 0.3 is 0 Å². The summed E-state index contributed by atoms with van der Waals surface area (Å²) in [5.41, 5.74) is 3.28. The van der Waals surface area contributed by atoms with Gasteiger partial charge in [-0.1, -0.05) is 18.6 Å². The lowest BCUT2D eigenvalue weighted by Gasteiger charge is -2.30. The van der Waals surface area contributed by atoms with Gasteiger partial charge in [0.05, 0.1) is 11.3 Å². The Bertz CT molecular complexity index is 431. The molecule has 3 rings (SSSR count). The van der Waals surface area contributed by atoms with Crippen LogP contribution in [0.2, 0.25) is 0 Å². The van der Waals surface area contributed by atoms with Crippen LogP contribution < -0.4 is 5.32 Å². The zero-order valence-corrected chi connectivity index (χ0v) is 8.66. The molecule has 0 spiro atoms. The lowest BCUT2D eigenvalue weighted by molar-refractivity contribution is 0.495. The van der Waals surface area contributed by atoms with E-state index in [1.807, 2.05) is 12.1 Å². The van der Waals surface area contributed by atoms with Crippen LogP contribution in [-0.4, -0.2) is 6.54 Å². The molecule has 0 unspecified atom stereocenters. The van der Waals surface area contributed by atoms with Gasteiger partial charge < -0.3 is 5.32 Å². The number of fused-ring (bicyclic) bond motifs is 3. The second-order valence-electron chi connectivity index (χ2n) is 4.56. The average Bonchev–Trinajstić information content (AvgIpc) is 2.76. The maximum Gasteiger partial charge on any atom is 0.101 e. The molecule has 1 aromatic rings. The molecule has 2 atom stereocenters. The fraction of sp³-hybridized carbons (Fsp3) is 0.462. The number of benzene rings is 1. The Morgan fingerprint density at radius 1 is 1.33 bits per heavy atom. The lowest BCUT2D eigenvalue weighted by atomic mass is 9.83. The van der Waals surface area contributed by atoms with Crippen LogP contribution in [0.3, 0.4) is 0 Å². The number of rotatable bonds is 0. The minimum Gasteiger partial charge on any atom is -0.383 e. The summed E-state index contributed by atoms with van der Waals surface area (Å²) in [6.45, 7) is 1.05. The number of nitriles is 1. The van der Waals surface area contributed by atoms with Gasteiger partial charge in [0.25, 0.3) is 0 Å². The summed E-state index contributed by atoms with van der Waals surface area (Å²) in [5.74, 6) is 1.50. The average molecular weight is 198 g/mol. The number of nitrogens with zero attached hydrogens (tertiary/aromatic N) is 1. The molecule has 1 aromatic carbocycles. The van der Waals surface area contributed by atoms with Crippen LogP contribution in [0, 0.1) is 17.2 Å². The van der Waals surface area contributed by atoms with Crippen molar-refractivity contribution in [3.8, 4) is 6.07 Å². The van der Waals surface area contributed by atoms with E-state index in [1.54, 1.807) is 0 Å². The van der Waals surface area contributed by atoms with Gasteiger partial charge in [-0.3, -0.25) is 0 Å². The van der Waals surface area contributed by atoms with Gasteiger partial charge in [-0.05, 0) is 36.3 Å². The Balaban J connectivity index is 2.12. The molecule has 15 heavy (non-hydrogen) atoms. The third-order valence-corrected chi connectivity index (χ3v) is 3.82. The highest BCUT2D eigenvalue weighted by Gasteiger charge is 2.33. The Morgan fingerprint density at radius 2 is 2.27 bits per heavy atom. The SMILES string of the molecule is N#Cc1cccc2c1NC[C@@H]1CCC[C@H]21. The normalized spacial score (nSPS) is 27.4. The Hall–Kier alpha value is -1.49. The molecule has 1 N–H and O–H groups in total. The van der Waals surface area contributed by atoms with E-state index >= 15 is 0 Å². The summed E-state index contributed by atoms with van der Waals surface area (Å²) < 4.78 is 0. The van der Waals surface area contributed by atoms with Crippen LogP contribution in [-0.2, 0) is 0 Å². The first-order valence-electron chi connectivity index (χ1n) is 5.67. The zero-order valence-electron chi connectivity index (χ0n) is 8.66. The summed E-state index contributed by atoms with van der Waals surface area (Å²) in [5, 5.41) is 12.5. The highest BCUT2D eigenvalue weighted by atomic mass is 14.9. The molecule has 0 saturated heterocycles. The smallest absolute Gasteiger partial charge is 0.101 e. The van der Waals surface area contributed by atoms with Crippen molar-refractivity contribution < 1.29 is 0 Å². The van der Waals surface area contributed by atoms with E-state index in [9.17, 15) is 0 Å². The molecule has 1 aliphatic heterocycles. The van der Waals surface area contributed by atoms with Gasteiger partial charge in [-0.2, -0.15) is 5.26 Å². The largest absolute Gasteiger partial charge is 0.383 e. The van der Waals surface area contributed by atoms with Crippen LogP contribution in [0.1, 0.15) is 36.3 Å². The Morgan fingerprint density at radius 3 is 3.13 bits per heavy atom. The van der Waals surface area contributed by atoms with Crippen molar-refractivity contribution in [1.82, 2.24) is 0 Å². The molecule has 0 bridgehead atoms. The van der Waals surface area contributed by atoms with Crippen molar-refractivity contribution in [3.05, 3.63) is 29.3 Å². The highest BCUT2D eigenvalue weighted by Crippen LogP contribution is 2.46. The molecule has 0 aromatic heterocycles. The second-order valence-corrected chi connectivity index (χ2v) is 4.56. The van der Waals surface area contributed by atoms with Gasteiger partial charge in [-0.15, -0.1) is 0 Å². The van der Waals surface area contributed by atoms with E-state index in [2.05, 4.69) is 17.5 Å². The van der Waals surface area contributed by atoms with Crippen LogP contribution in [0.25, 0.3) is 0 Å². The van der Waals surface area contributed by atoms with E-state index in [1.165, 1.54) is 24.8 Å². The van der Waals surface area contributed by atoms with Crippen molar-refractivity contribution in [3.63, 3.8) is 0 Å². The Labute approximate surface area is 89.9 Å². The molecule has 0 amide bonds. The van der Waals surface area contributed by atoms with Gasteiger partial charge in [0.1, 0.15) is 6.07 Å². The van der Waals surface area contributed by atoms with Crippen molar-refractivity contribution in [2.45, 2.75) is 25.2 Å². The zero-order chi connectivity index (χ0) is 10.3. The number of para-hydroxylation sites is 1. The lowest BCUT2D eigenvalue weighted by Crippen LogP contribution is -2.24. The molecule has 1 aliphatic carbocycles. The molecule has 0 radical (unpaired) electrons. The number of hydrogen-bond acceptors (Lipinski definition) is 2. The van der Waals surface area contributed by atoms with Gasteiger partial charge in [-0.25, -0.2) is 0 Å². The van der Waals surface area contributed by atoms with Crippen LogP contribution in [0.5, 0.6) is 0 Å². The van der Waals surface area contributed by atoms with Gasteiger partial charge in [0.15, 0.2) is 0 Å². The van der Waals surface area contributed by atoms with Crippen molar-refractivity contribution in [2.24, 2.45) is 5.92 Å². The maximum atomic E-state index is 9.04. The molecule has 1 saturated carbocycles. The van der Waals surface area contributed by atoms with Crippen molar-refractivity contribution >= 4 is 5.69 Å². The van der Waals surface area contributed by atoms with E-state index < -0.39 is 0 Å². The minimum absolute atomic E-state index is 0.703. The Kier molecular flexibility index (Phi) is 1.92. The second kappa shape index (κ2) is 3.27. The molecule has 2 heteroatoms. The first-order chi connectivity index (χ1) is 7.40. The highest BCUT2D eigenvalue weighted by molar-refractivity contribution is 5.65. The van der Waals surface area contributed by atoms with Gasteiger partial charge in [0, 0.05) is 6.54 Å². The predicted octanol–water partition coefficient (Wildman–Crippen LogP) is 2.87. The van der Waals surface area contributed by atoms with Crippen LogP contribution in [0.4, 0.5) is 5.69 Å². The fourth-order valence-corrected chi connectivity index (χ4v) is 3.09. The summed E-state index contributed by atoms with van der Waals surface area (Å²) in [7, 11) is 0. The fourth-order valence-electron chi connectivity index (χ4n) is 3.09. The molecule has 1 heterocycles. The van der Waals surface area contributed by atoms with E-state index in [-0.39, 0.29) is 0 Å². The first-order valence-corrected chi connectivity index (χ1v) is 5.67. The maximum absolute atomic E-state index is 9.04. The van der Waals surface area contributed by atoms with Crippen molar-refractivity contribution in [2.75, 3.05) is 11.9 Å². The van der Waals surface area contributed by atoms with E-state index in [0.29, 0.717) is 5.92 Å². The summed E-state index contributed by atoms with van der Waals surface area (Å²) in [6.07, 6.45) is 3.98. The molecule has 2 aliphatic rings. The molecular formula is C13H14N2. The summed E-state index contributed by atoms with van der Waals surface area (Å²) in [4.78, 5) is 0. The number of nitrogens with one attached hydrogen (secondary N) is 1. The van der Waals surface area contributed by atoms with Gasteiger partial charge in [0.2, 0.25) is 0 Å². The molecule has 1 fully saturated rings. The van der Waals surface area contributed by atoms with Crippen molar-refractivity contribution in [1.29, 1.82) is 5.26 Å². The topological polar surface area (TPSA) is 35.8 Å². The van der Waals surface area contributed by atoms with Crippen LogP contribution >= 0.6 is 0 Å². The van der Waals surface area contributed by atoms with E-state index in [0.717, 1.165) is 23.7 Å². The summed E-state index contributed by atoms with van der Waals surface area (Å²) in [6, 6.07) is 8.38. The minimum atomic E-state index is 0.703. The number of hydrogen-bond donors (Lipinski definition) is 1. The predicted molar refractivity (Wildman–Crippen MR) is 59.7 cm³/mol. The first kappa shape index (κ1) is 8.79. The quantitative estimate of drug-likeness (QED) is 0.695. The molecule has 76 valence electrons. The van der Waals surface area contributed by atoms with E-state index in [4.69, 9.17) is 5.26 Å². The number of anilines is 1. The third-order valence-electron chi connectivity index (χ3n) is 3.82.